The molecule has 0 radical (unpaired) electrons. The number of nitrogens with zero attached hydrogens (tertiary/aromatic N) is 6. The first-order valence-electron chi connectivity index (χ1n) is 7.70. The third kappa shape index (κ3) is 3.13. The van der Waals surface area contributed by atoms with Crippen LogP contribution in [0.1, 0.15) is 5.56 Å². The molecule has 0 bridgehead atoms. The maximum Gasteiger partial charge on any atom is 0.223 e. The number of tetrazole rings is 1. The van der Waals surface area contributed by atoms with E-state index in [1.807, 2.05) is 48.5 Å². The van der Waals surface area contributed by atoms with Crippen molar-refractivity contribution >= 4 is 0 Å². The van der Waals surface area contributed by atoms with E-state index in [0.717, 1.165) is 16.7 Å². The van der Waals surface area contributed by atoms with Gasteiger partial charge in [-0.2, -0.15) is 0 Å². The van der Waals surface area contributed by atoms with Gasteiger partial charge in [0.2, 0.25) is 5.82 Å². The van der Waals surface area contributed by atoms with Gasteiger partial charge in [-0.1, -0.05) is 24.3 Å². The molecule has 0 fully saturated rings. The quantitative estimate of drug-likeness (QED) is 0.617. The monoisotopic (exact) mass is 330 g/mol. The van der Waals surface area contributed by atoms with Gasteiger partial charge in [-0.05, 0) is 40.6 Å². The molecule has 0 aliphatic heterocycles. The van der Waals surface area contributed by atoms with Gasteiger partial charge < -0.3 is 5.11 Å². The van der Waals surface area contributed by atoms with E-state index in [2.05, 4.69) is 25.4 Å². The van der Waals surface area contributed by atoms with Crippen molar-refractivity contribution in [1.29, 1.82) is 0 Å². The molecule has 0 saturated heterocycles. The number of rotatable bonds is 4. The molecule has 0 spiro atoms. The molecule has 25 heavy (non-hydrogen) atoms. The zero-order valence-corrected chi connectivity index (χ0v) is 13.2. The summed E-state index contributed by atoms with van der Waals surface area (Å²) in [6.45, 7) is -0.000966. The largest absolute Gasteiger partial charge is 0.392 e. The number of hydrogen-bond acceptors (Lipinski definition) is 6. The fourth-order valence-corrected chi connectivity index (χ4v) is 2.47. The molecule has 4 rings (SSSR count). The Balaban J connectivity index is 1.69. The second kappa shape index (κ2) is 6.58. The highest BCUT2D eigenvalue weighted by Crippen LogP contribution is 2.22. The van der Waals surface area contributed by atoms with Crippen LogP contribution < -0.4 is 0 Å². The lowest BCUT2D eigenvalue weighted by Crippen LogP contribution is -2.00. The van der Waals surface area contributed by atoms with Gasteiger partial charge in [-0.15, -0.1) is 15.0 Å². The number of benzene rings is 1. The van der Waals surface area contributed by atoms with Crippen LogP contribution in [-0.2, 0) is 6.61 Å². The number of aliphatic hydroxyl groups excluding tert-OH is 1. The molecule has 0 saturated carbocycles. The summed E-state index contributed by atoms with van der Waals surface area (Å²) < 4.78 is 0. The van der Waals surface area contributed by atoms with E-state index in [0.29, 0.717) is 17.2 Å². The van der Waals surface area contributed by atoms with Crippen molar-refractivity contribution < 1.29 is 5.11 Å². The van der Waals surface area contributed by atoms with Gasteiger partial charge in [0.25, 0.3) is 0 Å². The van der Waals surface area contributed by atoms with Crippen molar-refractivity contribution in [3.05, 3.63) is 72.7 Å². The van der Waals surface area contributed by atoms with Crippen LogP contribution in [-0.4, -0.2) is 35.3 Å². The van der Waals surface area contributed by atoms with Gasteiger partial charge >= 0.3 is 0 Å². The summed E-state index contributed by atoms with van der Waals surface area (Å²) in [5.74, 6) is 0.452. The van der Waals surface area contributed by atoms with E-state index < -0.39 is 0 Å². The van der Waals surface area contributed by atoms with Crippen molar-refractivity contribution in [2.75, 3.05) is 0 Å². The minimum absolute atomic E-state index is 0.000966. The molecule has 0 aliphatic carbocycles. The lowest BCUT2D eigenvalue weighted by molar-refractivity contribution is 0.282. The molecule has 1 N–H and O–H groups in total. The Kier molecular flexibility index (Phi) is 3.97. The van der Waals surface area contributed by atoms with Crippen LogP contribution >= 0.6 is 0 Å². The summed E-state index contributed by atoms with van der Waals surface area (Å²) in [5, 5.41) is 21.8. The molecule has 122 valence electrons. The smallest absolute Gasteiger partial charge is 0.223 e. The number of aliphatic hydroxyl groups is 1. The first kappa shape index (κ1) is 15.1. The van der Waals surface area contributed by atoms with E-state index >= 15 is 0 Å². The summed E-state index contributed by atoms with van der Waals surface area (Å²) in [6.07, 6.45) is 5.12. The molecular weight excluding hydrogens is 316 g/mol. The Morgan fingerprint density at radius 3 is 2.76 bits per heavy atom. The van der Waals surface area contributed by atoms with Gasteiger partial charge in [0.1, 0.15) is 11.4 Å². The van der Waals surface area contributed by atoms with Crippen molar-refractivity contribution in [3.8, 4) is 28.3 Å². The van der Waals surface area contributed by atoms with Gasteiger partial charge in [0, 0.05) is 18.0 Å². The fourth-order valence-electron chi connectivity index (χ4n) is 2.47. The normalized spacial score (nSPS) is 10.8. The topological polar surface area (TPSA) is 89.6 Å². The van der Waals surface area contributed by atoms with Crippen LogP contribution in [0, 0.1) is 0 Å². The number of aromatic nitrogens is 6. The first-order valence-corrected chi connectivity index (χ1v) is 7.70. The van der Waals surface area contributed by atoms with Crippen molar-refractivity contribution in [3.63, 3.8) is 0 Å². The molecule has 3 aromatic heterocycles. The van der Waals surface area contributed by atoms with E-state index in [1.54, 1.807) is 18.6 Å². The fraction of sp³-hybridized carbons (Fsp3) is 0.0556. The Bertz CT molecular complexity index is 999. The molecule has 3 heterocycles. The molecular formula is C18H14N6O. The lowest BCUT2D eigenvalue weighted by Gasteiger charge is -2.05. The molecule has 4 aromatic rings. The predicted octanol–water partition coefficient (Wildman–Crippen LogP) is 2.28. The lowest BCUT2D eigenvalue weighted by atomic mass is 10.0. The van der Waals surface area contributed by atoms with Crippen molar-refractivity contribution in [1.82, 2.24) is 30.2 Å². The highest BCUT2D eigenvalue weighted by molar-refractivity contribution is 5.65. The van der Waals surface area contributed by atoms with Crippen LogP contribution in [0.3, 0.4) is 0 Å². The van der Waals surface area contributed by atoms with E-state index in [-0.39, 0.29) is 6.61 Å². The van der Waals surface area contributed by atoms with E-state index in [9.17, 15) is 5.11 Å². The Morgan fingerprint density at radius 2 is 1.92 bits per heavy atom. The Morgan fingerprint density at radius 1 is 0.960 bits per heavy atom. The molecule has 0 atom stereocenters. The third-order valence-corrected chi connectivity index (χ3v) is 3.71. The maximum atomic E-state index is 9.30. The van der Waals surface area contributed by atoms with Crippen LogP contribution in [0.25, 0.3) is 28.3 Å². The summed E-state index contributed by atoms with van der Waals surface area (Å²) in [6, 6.07) is 15.1. The molecule has 7 heteroatoms. The summed E-state index contributed by atoms with van der Waals surface area (Å²) in [4.78, 5) is 9.92. The van der Waals surface area contributed by atoms with Gasteiger partial charge in [0.15, 0.2) is 0 Å². The second-order valence-corrected chi connectivity index (χ2v) is 5.41. The van der Waals surface area contributed by atoms with Gasteiger partial charge in [-0.3, -0.25) is 9.97 Å². The van der Waals surface area contributed by atoms with Crippen molar-refractivity contribution in [2.24, 2.45) is 0 Å². The first-order chi connectivity index (χ1) is 12.3. The van der Waals surface area contributed by atoms with Crippen molar-refractivity contribution in [2.45, 2.75) is 6.61 Å². The average Bonchev–Trinajstić information content (AvgIpc) is 3.19. The highest BCUT2D eigenvalue weighted by atomic mass is 16.3. The van der Waals surface area contributed by atoms with E-state index in [4.69, 9.17) is 0 Å². The summed E-state index contributed by atoms with van der Waals surface area (Å²) in [7, 11) is 0. The standard InChI is InChI=1S/C18H14N6O/c25-12-13-4-3-5-14(8-13)15-9-16(11-19-10-15)24-22-18(21-23-24)17-6-1-2-7-20-17/h1-11,25H,12H2. The molecule has 7 nitrogen and oxygen atoms in total. The van der Waals surface area contributed by atoms with Crippen LogP contribution in [0.4, 0.5) is 0 Å². The minimum Gasteiger partial charge on any atom is -0.392 e. The zero-order chi connectivity index (χ0) is 17.1. The zero-order valence-electron chi connectivity index (χ0n) is 13.2. The van der Waals surface area contributed by atoms with Crippen LogP contribution in [0.15, 0.2) is 67.1 Å². The number of hydrogen-bond donors (Lipinski definition) is 1. The molecule has 0 aliphatic rings. The minimum atomic E-state index is -0.000966. The highest BCUT2D eigenvalue weighted by Gasteiger charge is 2.09. The maximum absolute atomic E-state index is 9.30. The second-order valence-electron chi connectivity index (χ2n) is 5.41. The molecule has 0 amide bonds. The van der Waals surface area contributed by atoms with Gasteiger partial charge in [-0.25, -0.2) is 0 Å². The Labute approximate surface area is 143 Å². The third-order valence-electron chi connectivity index (χ3n) is 3.71. The Hall–Kier alpha value is -3.45. The van der Waals surface area contributed by atoms with Crippen LogP contribution in [0.2, 0.25) is 0 Å². The van der Waals surface area contributed by atoms with Gasteiger partial charge in [0.05, 0.1) is 12.8 Å². The molecule has 0 unspecified atom stereocenters. The van der Waals surface area contributed by atoms with E-state index in [1.165, 1.54) is 4.80 Å². The summed E-state index contributed by atoms with van der Waals surface area (Å²) in [5.41, 5.74) is 4.07. The van der Waals surface area contributed by atoms with Crippen LogP contribution in [0.5, 0.6) is 0 Å². The molecule has 1 aromatic carbocycles. The average molecular weight is 330 g/mol. The number of pyridine rings is 2. The SMILES string of the molecule is OCc1cccc(-c2cncc(-n3nnc(-c4ccccn4)n3)c2)c1. The summed E-state index contributed by atoms with van der Waals surface area (Å²) >= 11 is 0. The predicted molar refractivity (Wildman–Crippen MR) is 91.5 cm³/mol.